The maximum Gasteiger partial charge on any atom is 0.178 e. The number of para-hydroxylation sites is 1. The van der Waals surface area contributed by atoms with Gasteiger partial charge in [0.2, 0.25) is 0 Å². The summed E-state index contributed by atoms with van der Waals surface area (Å²) in [6.07, 6.45) is 1.70. The molecule has 2 heterocycles. The fraction of sp³-hybridized carbons (Fsp3) is 0.0833. The topological polar surface area (TPSA) is 63.8 Å². The van der Waals surface area contributed by atoms with Crippen LogP contribution in [-0.4, -0.2) is 25.1 Å². The Balaban J connectivity index is 2.03. The van der Waals surface area contributed by atoms with Crippen LogP contribution in [0.15, 0.2) is 42.6 Å². The lowest BCUT2D eigenvalue weighted by atomic mass is 10.2. The second-order valence-corrected chi connectivity index (χ2v) is 3.72. The summed E-state index contributed by atoms with van der Waals surface area (Å²) >= 11 is 0. The lowest BCUT2D eigenvalue weighted by Gasteiger charge is -2.03. The predicted molar refractivity (Wildman–Crippen MR) is 62.5 cm³/mol. The number of hydrogen-bond acceptors (Lipinski definition) is 4. The van der Waals surface area contributed by atoms with Crippen LogP contribution in [0.5, 0.6) is 5.75 Å². The average Bonchev–Trinajstić information content (AvgIpc) is 2.76. The molecule has 2 aromatic heterocycles. The van der Waals surface area contributed by atoms with Gasteiger partial charge in [0, 0.05) is 11.8 Å². The molecule has 0 amide bonds. The minimum absolute atomic E-state index is 0.257. The molecule has 0 saturated heterocycles. The molecule has 0 fully saturated rings. The Labute approximate surface area is 97.3 Å². The molecule has 3 rings (SSSR count). The molecule has 0 atom stereocenters. The molecule has 0 radical (unpaired) electrons. The second-order valence-electron chi connectivity index (χ2n) is 3.72. The van der Waals surface area contributed by atoms with Crippen LogP contribution in [0.3, 0.4) is 0 Å². The Morgan fingerprint density at radius 1 is 1.12 bits per heavy atom. The van der Waals surface area contributed by atoms with E-state index in [-0.39, 0.29) is 5.75 Å². The van der Waals surface area contributed by atoms with Crippen LogP contribution >= 0.6 is 0 Å². The van der Waals surface area contributed by atoms with Gasteiger partial charge in [0.15, 0.2) is 5.65 Å². The van der Waals surface area contributed by atoms with Crippen LogP contribution in [0.2, 0.25) is 0 Å². The van der Waals surface area contributed by atoms with Crippen LogP contribution in [0, 0.1) is 0 Å². The van der Waals surface area contributed by atoms with Gasteiger partial charge in [-0.1, -0.05) is 23.4 Å². The molecule has 3 aromatic rings. The van der Waals surface area contributed by atoms with Crippen molar-refractivity contribution in [3.05, 3.63) is 48.2 Å². The minimum atomic E-state index is 0.257. The fourth-order valence-electron chi connectivity index (χ4n) is 1.72. The number of fused-ring (bicyclic) bond motifs is 1. The normalized spacial score (nSPS) is 10.8. The van der Waals surface area contributed by atoms with Gasteiger partial charge < -0.3 is 5.11 Å². The standard InChI is InChI=1S/C12H10N4O/c17-11-6-2-1-4-9(11)8-16-12-10(14-15-16)5-3-7-13-12/h1-7,17H,8H2. The zero-order chi connectivity index (χ0) is 11.7. The number of phenols is 1. The van der Waals surface area contributed by atoms with E-state index in [1.54, 1.807) is 23.0 Å². The van der Waals surface area contributed by atoms with Crippen LogP contribution in [-0.2, 0) is 6.54 Å². The van der Waals surface area contributed by atoms with Gasteiger partial charge in [-0.2, -0.15) is 0 Å². The molecule has 0 unspecified atom stereocenters. The second kappa shape index (κ2) is 3.86. The lowest BCUT2D eigenvalue weighted by molar-refractivity contribution is 0.464. The van der Waals surface area contributed by atoms with E-state index in [2.05, 4.69) is 15.3 Å². The van der Waals surface area contributed by atoms with E-state index in [9.17, 15) is 5.11 Å². The molecule has 17 heavy (non-hydrogen) atoms. The van der Waals surface area contributed by atoms with Crippen molar-refractivity contribution in [3.63, 3.8) is 0 Å². The molecule has 0 aliphatic carbocycles. The van der Waals surface area contributed by atoms with Gasteiger partial charge in [-0.25, -0.2) is 9.67 Å². The number of benzene rings is 1. The third-order valence-corrected chi connectivity index (χ3v) is 2.58. The molecule has 0 aliphatic heterocycles. The van der Waals surface area contributed by atoms with Crippen LogP contribution in [0.4, 0.5) is 0 Å². The van der Waals surface area contributed by atoms with Crippen molar-refractivity contribution in [1.82, 2.24) is 20.0 Å². The highest BCUT2D eigenvalue weighted by atomic mass is 16.3. The van der Waals surface area contributed by atoms with Crippen LogP contribution in [0.1, 0.15) is 5.56 Å². The van der Waals surface area contributed by atoms with E-state index in [1.807, 2.05) is 24.3 Å². The zero-order valence-electron chi connectivity index (χ0n) is 8.98. The third kappa shape index (κ3) is 1.71. The largest absolute Gasteiger partial charge is 0.508 e. The van der Waals surface area contributed by atoms with Gasteiger partial charge in [0.05, 0.1) is 6.54 Å². The van der Waals surface area contributed by atoms with Crippen LogP contribution in [0.25, 0.3) is 11.2 Å². The number of aromatic nitrogens is 4. The lowest BCUT2D eigenvalue weighted by Crippen LogP contribution is -2.02. The van der Waals surface area contributed by atoms with E-state index in [1.165, 1.54) is 0 Å². The number of phenolic OH excluding ortho intramolecular Hbond substituents is 1. The Kier molecular flexibility index (Phi) is 2.22. The molecule has 0 spiro atoms. The summed E-state index contributed by atoms with van der Waals surface area (Å²) in [5.74, 6) is 0.257. The maximum absolute atomic E-state index is 9.70. The highest BCUT2D eigenvalue weighted by Crippen LogP contribution is 2.17. The summed E-state index contributed by atoms with van der Waals surface area (Å²) in [6.45, 7) is 0.459. The first-order valence-corrected chi connectivity index (χ1v) is 5.26. The monoisotopic (exact) mass is 226 g/mol. The quantitative estimate of drug-likeness (QED) is 0.720. The highest BCUT2D eigenvalue weighted by Gasteiger charge is 2.07. The molecule has 1 aromatic carbocycles. The maximum atomic E-state index is 9.70. The number of nitrogens with zero attached hydrogens (tertiary/aromatic N) is 4. The van der Waals surface area contributed by atoms with E-state index in [0.717, 1.165) is 16.7 Å². The minimum Gasteiger partial charge on any atom is -0.508 e. The van der Waals surface area contributed by atoms with Gasteiger partial charge in [-0.05, 0) is 18.2 Å². The van der Waals surface area contributed by atoms with Crippen molar-refractivity contribution in [2.24, 2.45) is 0 Å². The van der Waals surface area contributed by atoms with E-state index >= 15 is 0 Å². The Morgan fingerprint density at radius 2 is 2.00 bits per heavy atom. The number of aromatic hydroxyl groups is 1. The van der Waals surface area contributed by atoms with Crippen molar-refractivity contribution in [1.29, 1.82) is 0 Å². The first-order valence-electron chi connectivity index (χ1n) is 5.26. The summed E-state index contributed by atoms with van der Waals surface area (Å²) in [5.41, 5.74) is 2.27. The van der Waals surface area contributed by atoms with Crippen molar-refractivity contribution < 1.29 is 5.11 Å². The average molecular weight is 226 g/mol. The van der Waals surface area contributed by atoms with Gasteiger partial charge in [-0.3, -0.25) is 0 Å². The Morgan fingerprint density at radius 3 is 2.88 bits per heavy atom. The summed E-state index contributed by atoms with van der Waals surface area (Å²) in [7, 11) is 0. The van der Waals surface area contributed by atoms with Crippen molar-refractivity contribution in [2.45, 2.75) is 6.54 Å². The van der Waals surface area contributed by atoms with E-state index in [0.29, 0.717) is 6.54 Å². The fourth-order valence-corrected chi connectivity index (χ4v) is 1.72. The zero-order valence-corrected chi connectivity index (χ0v) is 8.98. The highest BCUT2D eigenvalue weighted by molar-refractivity contribution is 5.68. The smallest absolute Gasteiger partial charge is 0.178 e. The molecule has 0 aliphatic rings. The number of hydrogen-bond donors (Lipinski definition) is 1. The summed E-state index contributed by atoms with van der Waals surface area (Å²) in [5, 5.41) is 17.7. The van der Waals surface area contributed by atoms with Gasteiger partial charge in [0.1, 0.15) is 11.3 Å². The van der Waals surface area contributed by atoms with Gasteiger partial charge in [0.25, 0.3) is 0 Å². The molecule has 0 bridgehead atoms. The van der Waals surface area contributed by atoms with Crippen molar-refractivity contribution in [2.75, 3.05) is 0 Å². The van der Waals surface area contributed by atoms with E-state index < -0.39 is 0 Å². The Bertz CT molecular complexity index is 662. The number of rotatable bonds is 2. The molecular weight excluding hydrogens is 216 g/mol. The summed E-state index contributed by atoms with van der Waals surface area (Å²) in [4.78, 5) is 4.22. The van der Waals surface area contributed by atoms with Crippen molar-refractivity contribution in [3.8, 4) is 5.75 Å². The molecule has 84 valence electrons. The first kappa shape index (κ1) is 9.77. The van der Waals surface area contributed by atoms with E-state index in [4.69, 9.17) is 0 Å². The predicted octanol–water partition coefficient (Wildman–Crippen LogP) is 1.58. The molecule has 5 nitrogen and oxygen atoms in total. The molecule has 1 N–H and O–H groups in total. The third-order valence-electron chi connectivity index (χ3n) is 2.58. The van der Waals surface area contributed by atoms with Crippen molar-refractivity contribution >= 4 is 11.2 Å². The first-order chi connectivity index (χ1) is 8.34. The summed E-state index contributed by atoms with van der Waals surface area (Å²) < 4.78 is 1.67. The molecular formula is C12H10N4O. The number of pyridine rings is 1. The Hall–Kier alpha value is -2.43. The van der Waals surface area contributed by atoms with Gasteiger partial charge >= 0.3 is 0 Å². The summed E-state index contributed by atoms with van der Waals surface area (Å²) in [6, 6.07) is 10.9. The molecule has 5 heteroatoms. The molecule has 0 saturated carbocycles. The SMILES string of the molecule is Oc1ccccc1Cn1nnc2cccnc21. The van der Waals surface area contributed by atoms with Crippen LogP contribution < -0.4 is 0 Å². The van der Waals surface area contributed by atoms with Gasteiger partial charge in [-0.15, -0.1) is 5.10 Å².